The highest BCUT2D eigenvalue weighted by Gasteiger charge is 2.31. The minimum Gasteiger partial charge on any atom is -0.365 e. The number of halogens is 2. The molecule has 4 rings (SSSR count). The Balaban J connectivity index is 1.16. The molecular weight excluding hydrogens is 414 g/mol. The fraction of sp³-hybridized carbons (Fsp3) is 0.652. The summed E-state index contributed by atoms with van der Waals surface area (Å²) >= 11 is 0. The van der Waals surface area contributed by atoms with Crippen molar-refractivity contribution in [2.45, 2.75) is 31.7 Å². The second-order valence-electron chi connectivity index (χ2n) is 8.94. The van der Waals surface area contributed by atoms with Crippen molar-refractivity contribution in [2.75, 3.05) is 64.3 Å². The highest BCUT2D eigenvalue weighted by Crippen LogP contribution is 2.28. The normalized spacial score (nSPS) is 22.7. The highest BCUT2D eigenvalue weighted by atomic mass is 19.1. The van der Waals surface area contributed by atoms with Crippen LogP contribution in [-0.4, -0.2) is 87.1 Å². The number of para-hydroxylation sites is 1. The molecule has 0 bridgehead atoms. The molecule has 176 valence electrons. The van der Waals surface area contributed by atoms with E-state index in [4.69, 9.17) is 0 Å². The first-order chi connectivity index (χ1) is 15.5. The molecule has 2 heterocycles. The monoisotopic (exact) mass is 448 g/mol. The Bertz CT molecular complexity index is 802. The Hall–Kier alpha value is -2.42. The molecule has 2 aliphatic heterocycles. The van der Waals surface area contributed by atoms with Crippen LogP contribution in [0.1, 0.15) is 25.7 Å². The van der Waals surface area contributed by atoms with E-state index >= 15 is 0 Å². The summed E-state index contributed by atoms with van der Waals surface area (Å²) in [5.41, 5.74) is 0.0506. The molecular formula is C23H34F2N6O. The van der Waals surface area contributed by atoms with Gasteiger partial charge in [-0.3, -0.25) is 14.7 Å². The van der Waals surface area contributed by atoms with Crippen molar-refractivity contribution in [3.63, 3.8) is 0 Å². The zero-order chi connectivity index (χ0) is 22.5. The molecule has 2 saturated heterocycles. The number of hydrogen-bond donors (Lipinski definition) is 2. The lowest BCUT2D eigenvalue weighted by Gasteiger charge is -2.38. The summed E-state index contributed by atoms with van der Waals surface area (Å²) in [7, 11) is 1.73. The lowest BCUT2D eigenvalue weighted by molar-refractivity contribution is -0.139. The number of nitrogens with zero attached hydrogens (tertiary/aromatic N) is 4. The first-order valence-corrected chi connectivity index (χ1v) is 11.7. The highest BCUT2D eigenvalue weighted by molar-refractivity contribution is 5.80. The molecule has 1 saturated carbocycles. The van der Waals surface area contributed by atoms with E-state index in [1.54, 1.807) is 11.9 Å². The van der Waals surface area contributed by atoms with Crippen LogP contribution in [0.5, 0.6) is 0 Å². The topological polar surface area (TPSA) is 63.2 Å². The van der Waals surface area contributed by atoms with Crippen molar-refractivity contribution in [2.24, 2.45) is 10.9 Å². The minimum atomic E-state index is -0.525. The maximum atomic E-state index is 14.1. The van der Waals surface area contributed by atoms with Gasteiger partial charge < -0.3 is 20.4 Å². The van der Waals surface area contributed by atoms with Gasteiger partial charge in [0.2, 0.25) is 5.91 Å². The number of benzene rings is 1. The molecule has 7 nitrogen and oxygen atoms in total. The summed E-state index contributed by atoms with van der Waals surface area (Å²) in [5, 5.41) is 6.71. The Morgan fingerprint density at radius 1 is 1.09 bits per heavy atom. The van der Waals surface area contributed by atoms with Gasteiger partial charge in [-0.1, -0.05) is 12.5 Å². The fourth-order valence-electron chi connectivity index (χ4n) is 4.70. The van der Waals surface area contributed by atoms with Crippen LogP contribution in [0.3, 0.4) is 0 Å². The molecule has 3 fully saturated rings. The Labute approximate surface area is 188 Å². The third-order valence-corrected chi connectivity index (χ3v) is 6.87. The van der Waals surface area contributed by atoms with Crippen LogP contribution < -0.4 is 15.5 Å². The number of aliphatic imine (C=N–C) groups is 1. The zero-order valence-electron chi connectivity index (χ0n) is 18.8. The van der Waals surface area contributed by atoms with Gasteiger partial charge >= 0.3 is 0 Å². The molecule has 9 heteroatoms. The van der Waals surface area contributed by atoms with Gasteiger partial charge in [-0.25, -0.2) is 8.78 Å². The maximum Gasteiger partial charge on any atom is 0.225 e. The zero-order valence-corrected chi connectivity index (χ0v) is 18.8. The molecule has 0 spiro atoms. The van der Waals surface area contributed by atoms with E-state index in [2.05, 4.69) is 20.5 Å². The van der Waals surface area contributed by atoms with E-state index < -0.39 is 11.6 Å². The second kappa shape index (κ2) is 10.5. The van der Waals surface area contributed by atoms with Gasteiger partial charge in [0.15, 0.2) is 5.96 Å². The number of rotatable bonds is 6. The van der Waals surface area contributed by atoms with Crippen LogP contribution in [0, 0.1) is 17.6 Å². The van der Waals surface area contributed by atoms with Crippen molar-refractivity contribution in [3.8, 4) is 0 Å². The Morgan fingerprint density at radius 2 is 1.81 bits per heavy atom. The number of carbonyl (C=O) groups is 1. The van der Waals surface area contributed by atoms with E-state index in [0.29, 0.717) is 25.0 Å². The quantitative estimate of drug-likeness (QED) is 0.512. The molecule has 2 N–H and O–H groups in total. The van der Waals surface area contributed by atoms with Gasteiger partial charge in [0.1, 0.15) is 17.3 Å². The van der Waals surface area contributed by atoms with E-state index in [-0.39, 0.29) is 17.6 Å². The van der Waals surface area contributed by atoms with Gasteiger partial charge in [-0.05, 0) is 31.4 Å². The molecule has 0 radical (unpaired) electrons. The number of amides is 1. The Kier molecular flexibility index (Phi) is 7.44. The second-order valence-corrected chi connectivity index (χ2v) is 8.94. The van der Waals surface area contributed by atoms with Crippen molar-refractivity contribution in [1.29, 1.82) is 0 Å². The first-order valence-electron chi connectivity index (χ1n) is 11.7. The molecule has 0 aromatic heterocycles. The number of hydrogen-bond acceptors (Lipinski definition) is 4. The predicted molar refractivity (Wildman–Crippen MR) is 122 cm³/mol. The van der Waals surface area contributed by atoms with Crippen LogP contribution in [0.25, 0.3) is 0 Å². The first kappa shape index (κ1) is 22.8. The van der Waals surface area contributed by atoms with E-state index in [1.807, 2.05) is 4.90 Å². The summed E-state index contributed by atoms with van der Waals surface area (Å²) < 4.78 is 28.1. The van der Waals surface area contributed by atoms with Crippen LogP contribution >= 0.6 is 0 Å². The van der Waals surface area contributed by atoms with Gasteiger partial charge in [-0.15, -0.1) is 0 Å². The van der Waals surface area contributed by atoms with Crippen LogP contribution in [-0.2, 0) is 4.79 Å². The number of nitrogens with one attached hydrogen (secondary N) is 2. The molecule has 1 aromatic carbocycles. The van der Waals surface area contributed by atoms with Crippen LogP contribution in [0.2, 0.25) is 0 Å². The molecule has 1 amide bonds. The van der Waals surface area contributed by atoms with Gasteiger partial charge in [0, 0.05) is 71.4 Å². The predicted octanol–water partition coefficient (Wildman–Crippen LogP) is 1.65. The van der Waals surface area contributed by atoms with Crippen molar-refractivity contribution >= 4 is 17.6 Å². The average Bonchev–Trinajstić information content (AvgIpc) is 3.20. The molecule has 32 heavy (non-hydrogen) atoms. The van der Waals surface area contributed by atoms with E-state index in [9.17, 15) is 13.6 Å². The standard InChI is InChI=1S/C23H34F2N6O/c1-26-23(28-18-8-10-31(16-18)21-19(24)6-3-7-20(21)25)27-9-11-29-12-14-30(15-13-29)22(32)17-4-2-5-17/h3,6-7,17-18H,2,4-5,8-16H2,1H3,(H2,26,27,28). The van der Waals surface area contributed by atoms with Gasteiger partial charge in [0.05, 0.1) is 0 Å². The summed E-state index contributed by atoms with van der Waals surface area (Å²) in [6, 6.07) is 4.05. The van der Waals surface area contributed by atoms with E-state index in [1.165, 1.54) is 24.6 Å². The maximum absolute atomic E-state index is 14.1. The molecule has 1 aliphatic carbocycles. The summed E-state index contributed by atoms with van der Waals surface area (Å²) in [6.45, 7) is 6.17. The molecule has 3 aliphatic rings. The molecule has 1 atom stereocenters. The lowest BCUT2D eigenvalue weighted by atomic mass is 9.84. The van der Waals surface area contributed by atoms with Crippen molar-refractivity contribution < 1.29 is 13.6 Å². The Morgan fingerprint density at radius 3 is 2.44 bits per heavy atom. The third kappa shape index (κ3) is 5.31. The summed E-state index contributed by atoms with van der Waals surface area (Å²) in [5.74, 6) is 0.272. The number of anilines is 1. The number of piperazine rings is 1. The van der Waals surface area contributed by atoms with E-state index in [0.717, 1.165) is 58.5 Å². The average molecular weight is 449 g/mol. The van der Waals surface area contributed by atoms with Crippen molar-refractivity contribution in [3.05, 3.63) is 29.8 Å². The smallest absolute Gasteiger partial charge is 0.225 e. The SMILES string of the molecule is CN=C(NCCN1CCN(C(=O)C2CCC2)CC1)NC1CCN(c2c(F)cccc2F)C1. The molecule has 1 aromatic rings. The largest absolute Gasteiger partial charge is 0.365 e. The third-order valence-electron chi connectivity index (χ3n) is 6.87. The lowest BCUT2D eigenvalue weighted by Crippen LogP contribution is -2.53. The van der Waals surface area contributed by atoms with Crippen molar-refractivity contribution in [1.82, 2.24) is 20.4 Å². The van der Waals surface area contributed by atoms with Gasteiger partial charge in [0.25, 0.3) is 0 Å². The number of carbonyl (C=O) groups excluding carboxylic acids is 1. The van der Waals surface area contributed by atoms with Crippen LogP contribution in [0.15, 0.2) is 23.2 Å². The summed E-state index contributed by atoms with van der Waals surface area (Å²) in [6.07, 6.45) is 4.09. The minimum absolute atomic E-state index is 0.0506. The van der Waals surface area contributed by atoms with Crippen LogP contribution in [0.4, 0.5) is 14.5 Å². The number of guanidine groups is 1. The summed E-state index contributed by atoms with van der Waals surface area (Å²) in [4.78, 5) is 22.8. The molecule has 1 unspecified atom stereocenters. The van der Waals surface area contributed by atoms with Gasteiger partial charge in [-0.2, -0.15) is 0 Å². The fourth-order valence-corrected chi connectivity index (χ4v) is 4.70.